The van der Waals surface area contributed by atoms with Crippen LogP contribution >= 0.6 is 0 Å². The average Bonchev–Trinajstić information content (AvgIpc) is 2.75. The highest BCUT2D eigenvalue weighted by atomic mass is 19.1. The smallest absolute Gasteiger partial charge is 0.159 e. The largest absolute Gasteiger partial charge is 0.393 e. The average molecular weight is 403 g/mol. The van der Waals surface area contributed by atoms with E-state index in [0.29, 0.717) is 17.8 Å². The van der Waals surface area contributed by atoms with Gasteiger partial charge in [-0.05, 0) is 55.4 Å². The number of unbranched alkanes of at least 4 members (excludes halogenated alkanes) is 1. The fourth-order valence-electron chi connectivity index (χ4n) is 3.18. The Labute approximate surface area is 177 Å². The predicted octanol–water partition coefficient (Wildman–Crippen LogP) is 6.24. The molecule has 1 N–H and O–H groups in total. The van der Waals surface area contributed by atoms with Crippen LogP contribution in [0.15, 0.2) is 73.6 Å². The standard InChI is InChI=1S/C26H27FN2O/c1-3-7-22-12-15-24(16-25(22)27)21-10-13-23(14-11-21)26-28-17-20(18-29-26)9-6-4-5-8-19(2)30/h3,6,9-19,30H,1,4-5,7-8H2,2H3/b9-6+. The van der Waals surface area contributed by atoms with Gasteiger partial charge >= 0.3 is 0 Å². The van der Waals surface area contributed by atoms with Gasteiger partial charge in [0.15, 0.2) is 5.82 Å². The van der Waals surface area contributed by atoms with Crippen molar-refractivity contribution in [1.82, 2.24) is 9.97 Å². The lowest BCUT2D eigenvalue weighted by atomic mass is 10.0. The topological polar surface area (TPSA) is 46.0 Å². The highest BCUT2D eigenvalue weighted by Gasteiger charge is 2.06. The van der Waals surface area contributed by atoms with Crippen molar-refractivity contribution in [2.75, 3.05) is 0 Å². The number of benzene rings is 2. The third-order valence-electron chi connectivity index (χ3n) is 4.87. The Morgan fingerprint density at radius 3 is 2.33 bits per heavy atom. The van der Waals surface area contributed by atoms with Crippen LogP contribution in [0.5, 0.6) is 0 Å². The van der Waals surface area contributed by atoms with E-state index >= 15 is 0 Å². The van der Waals surface area contributed by atoms with E-state index in [9.17, 15) is 9.50 Å². The van der Waals surface area contributed by atoms with Gasteiger partial charge in [-0.2, -0.15) is 0 Å². The van der Waals surface area contributed by atoms with Crippen molar-refractivity contribution in [2.24, 2.45) is 0 Å². The number of aromatic nitrogens is 2. The molecule has 0 aliphatic carbocycles. The summed E-state index contributed by atoms with van der Waals surface area (Å²) in [7, 11) is 0. The van der Waals surface area contributed by atoms with Gasteiger partial charge in [-0.15, -0.1) is 6.58 Å². The second kappa shape index (κ2) is 10.6. The number of allylic oxidation sites excluding steroid dienone is 2. The van der Waals surface area contributed by atoms with Gasteiger partial charge in [0.2, 0.25) is 0 Å². The molecule has 1 unspecified atom stereocenters. The fourth-order valence-corrected chi connectivity index (χ4v) is 3.18. The van der Waals surface area contributed by atoms with E-state index < -0.39 is 0 Å². The molecular formula is C26H27FN2O. The third kappa shape index (κ3) is 5.94. The third-order valence-corrected chi connectivity index (χ3v) is 4.87. The molecule has 0 fully saturated rings. The first kappa shape index (κ1) is 21.6. The Balaban J connectivity index is 1.65. The van der Waals surface area contributed by atoms with Gasteiger partial charge in [-0.3, -0.25) is 0 Å². The SMILES string of the molecule is C=CCc1ccc(-c2ccc(-c3ncc(/C=C/CCCC(C)O)cn3)cc2)cc1F. The Morgan fingerprint density at radius 1 is 1.03 bits per heavy atom. The zero-order valence-electron chi connectivity index (χ0n) is 17.3. The zero-order valence-corrected chi connectivity index (χ0v) is 17.3. The maximum Gasteiger partial charge on any atom is 0.159 e. The molecule has 0 amide bonds. The van der Waals surface area contributed by atoms with E-state index in [1.165, 1.54) is 0 Å². The van der Waals surface area contributed by atoms with Gasteiger partial charge in [0.1, 0.15) is 5.82 Å². The Hall–Kier alpha value is -3.11. The van der Waals surface area contributed by atoms with Crippen LogP contribution in [0.1, 0.15) is 37.3 Å². The highest BCUT2D eigenvalue weighted by Crippen LogP contribution is 2.25. The minimum Gasteiger partial charge on any atom is -0.393 e. The van der Waals surface area contributed by atoms with Crippen LogP contribution in [0.4, 0.5) is 4.39 Å². The molecule has 0 saturated carbocycles. The Bertz CT molecular complexity index is 993. The first-order valence-corrected chi connectivity index (χ1v) is 10.2. The number of halogens is 1. The lowest BCUT2D eigenvalue weighted by Gasteiger charge is -2.07. The molecule has 0 radical (unpaired) electrons. The molecule has 3 nitrogen and oxygen atoms in total. The summed E-state index contributed by atoms with van der Waals surface area (Å²) < 4.78 is 14.2. The first-order valence-electron chi connectivity index (χ1n) is 10.2. The number of aliphatic hydroxyl groups excluding tert-OH is 1. The molecule has 4 heteroatoms. The molecule has 1 aromatic heterocycles. The molecule has 154 valence electrons. The number of hydrogen-bond donors (Lipinski definition) is 1. The molecule has 30 heavy (non-hydrogen) atoms. The van der Waals surface area contributed by atoms with E-state index in [1.807, 2.05) is 36.4 Å². The molecule has 0 bridgehead atoms. The van der Waals surface area contributed by atoms with Crippen molar-refractivity contribution in [2.45, 2.75) is 38.7 Å². The lowest BCUT2D eigenvalue weighted by Crippen LogP contribution is -1.97. The summed E-state index contributed by atoms with van der Waals surface area (Å²) in [5.74, 6) is 0.439. The maximum absolute atomic E-state index is 14.2. The van der Waals surface area contributed by atoms with Gasteiger partial charge < -0.3 is 5.11 Å². The summed E-state index contributed by atoms with van der Waals surface area (Å²) in [6.07, 6.45) is 12.3. The van der Waals surface area contributed by atoms with E-state index in [-0.39, 0.29) is 11.9 Å². The van der Waals surface area contributed by atoms with E-state index in [1.54, 1.807) is 37.5 Å². The van der Waals surface area contributed by atoms with Crippen LogP contribution in [-0.2, 0) is 6.42 Å². The van der Waals surface area contributed by atoms with Gasteiger partial charge in [0.05, 0.1) is 6.10 Å². The number of hydrogen-bond acceptors (Lipinski definition) is 3. The van der Waals surface area contributed by atoms with Gasteiger partial charge in [-0.25, -0.2) is 14.4 Å². The molecule has 2 aromatic carbocycles. The van der Waals surface area contributed by atoms with Crippen molar-refractivity contribution in [3.8, 4) is 22.5 Å². The van der Waals surface area contributed by atoms with Crippen LogP contribution in [0.2, 0.25) is 0 Å². The zero-order chi connectivity index (χ0) is 21.3. The molecule has 0 saturated heterocycles. The molecule has 0 aliphatic heterocycles. The predicted molar refractivity (Wildman–Crippen MR) is 121 cm³/mol. The number of aliphatic hydroxyl groups is 1. The summed E-state index contributed by atoms with van der Waals surface area (Å²) in [6, 6.07) is 13.1. The van der Waals surface area contributed by atoms with Crippen LogP contribution in [0, 0.1) is 5.82 Å². The van der Waals surface area contributed by atoms with Crippen molar-refractivity contribution in [1.29, 1.82) is 0 Å². The minimum atomic E-state index is -0.247. The van der Waals surface area contributed by atoms with E-state index in [2.05, 4.69) is 22.6 Å². The molecule has 3 rings (SSSR count). The van der Waals surface area contributed by atoms with Crippen LogP contribution in [0.25, 0.3) is 28.6 Å². The first-order chi connectivity index (χ1) is 14.6. The monoisotopic (exact) mass is 402 g/mol. The quantitative estimate of drug-likeness (QED) is 0.340. The fraction of sp³-hybridized carbons (Fsp3) is 0.231. The van der Waals surface area contributed by atoms with E-state index in [0.717, 1.165) is 41.5 Å². The maximum atomic E-state index is 14.2. The summed E-state index contributed by atoms with van der Waals surface area (Å²) >= 11 is 0. The Morgan fingerprint density at radius 2 is 1.70 bits per heavy atom. The second-order valence-corrected chi connectivity index (χ2v) is 7.40. The number of rotatable bonds is 9. The van der Waals surface area contributed by atoms with Crippen molar-refractivity contribution in [3.63, 3.8) is 0 Å². The second-order valence-electron chi connectivity index (χ2n) is 7.40. The lowest BCUT2D eigenvalue weighted by molar-refractivity contribution is 0.182. The summed E-state index contributed by atoms with van der Waals surface area (Å²) in [5.41, 5.74) is 4.29. The minimum absolute atomic E-state index is 0.214. The van der Waals surface area contributed by atoms with E-state index in [4.69, 9.17) is 0 Å². The number of nitrogens with zero attached hydrogens (tertiary/aromatic N) is 2. The molecular weight excluding hydrogens is 375 g/mol. The van der Waals surface area contributed by atoms with Gasteiger partial charge in [-0.1, -0.05) is 54.6 Å². The molecule has 0 aliphatic rings. The van der Waals surface area contributed by atoms with Gasteiger partial charge in [0.25, 0.3) is 0 Å². The van der Waals surface area contributed by atoms with Crippen LogP contribution < -0.4 is 0 Å². The van der Waals surface area contributed by atoms with Crippen molar-refractivity contribution < 1.29 is 9.50 Å². The Kier molecular flexibility index (Phi) is 7.63. The molecule has 1 atom stereocenters. The molecule has 0 spiro atoms. The highest BCUT2D eigenvalue weighted by molar-refractivity contribution is 5.68. The van der Waals surface area contributed by atoms with Crippen molar-refractivity contribution in [3.05, 3.63) is 90.5 Å². The summed E-state index contributed by atoms with van der Waals surface area (Å²) in [5, 5.41) is 9.27. The van der Waals surface area contributed by atoms with Crippen LogP contribution in [-0.4, -0.2) is 21.2 Å². The summed E-state index contributed by atoms with van der Waals surface area (Å²) in [6.45, 7) is 5.47. The summed E-state index contributed by atoms with van der Waals surface area (Å²) in [4.78, 5) is 8.91. The van der Waals surface area contributed by atoms with Crippen molar-refractivity contribution >= 4 is 6.08 Å². The van der Waals surface area contributed by atoms with Gasteiger partial charge in [0, 0.05) is 23.5 Å². The molecule has 3 aromatic rings. The normalized spacial score (nSPS) is 12.2. The molecule has 1 heterocycles. The van der Waals surface area contributed by atoms with Crippen LogP contribution in [0.3, 0.4) is 0 Å².